The lowest BCUT2D eigenvalue weighted by molar-refractivity contribution is -0.139. The molecule has 0 amide bonds. The van der Waals surface area contributed by atoms with Crippen LogP contribution in [-0.2, 0) is 6.18 Å². The van der Waals surface area contributed by atoms with Crippen molar-refractivity contribution >= 4 is 0 Å². The van der Waals surface area contributed by atoms with Crippen LogP contribution in [0.4, 0.5) is 13.2 Å². The summed E-state index contributed by atoms with van der Waals surface area (Å²) in [6.07, 6.45) is -3.43. The summed E-state index contributed by atoms with van der Waals surface area (Å²) in [6, 6.07) is 7.29. The number of rotatable bonds is 7. The number of ether oxygens (including phenoxy) is 1. The Morgan fingerprint density at radius 2 is 1.95 bits per heavy atom. The fraction of sp³-hybridized carbons (Fsp3) is 0.533. The van der Waals surface area contributed by atoms with E-state index in [0.717, 1.165) is 6.07 Å². The van der Waals surface area contributed by atoms with Crippen LogP contribution in [0.15, 0.2) is 24.3 Å². The van der Waals surface area contributed by atoms with Gasteiger partial charge in [-0.05, 0) is 38.4 Å². The molecule has 0 aliphatic heterocycles. The van der Waals surface area contributed by atoms with Crippen LogP contribution in [-0.4, -0.2) is 18.7 Å². The van der Waals surface area contributed by atoms with Gasteiger partial charge in [0.1, 0.15) is 11.3 Å². The summed E-state index contributed by atoms with van der Waals surface area (Å²) in [7, 11) is 0. The Bertz CT molecular complexity index is 496. The van der Waals surface area contributed by atoms with Crippen molar-refractivity contribution in [3.63, 3.8) is 0 Å². The zero-order chi connectivity index (χ0) is 15.9. The quantitative estimate of drug-likeness (QED) is 0.780. The fourth-order valence-corrected chi connectivity index (χ4v) is 2.01. The van der Waals surface area contributed by atoms with E-state index in [0.29, 0.717) is 19.4 Å². The number of nitriles is 1. The highest BCUT2D eigenvalue weighted by atomic mass is 19.4. The Morgan fingerprint density at radius 3 is 2.52 bits per heavy atom. The molecule has 0 heterocycles. The zero-order valence-corrected chi connectivity index (χ0v) is 12.1. The number of halogens is 3. The van der Waals surface area contributed by atoms with Crippen molar-refractivity contribution in [1.82, 2.24) is 5.32 Å². The van der Waals surface area contributed by atoms with Crippen LogP contribution < -0.4 is 10.1 Å². The molecule has 6 heteroatoms. The number of benzene rings is 1. The second-order valence-electron chi connectivity index (χ2n) is 4.92. The predicted octanol–water partition coefficient (Wildman–Crippen LogP) is 3.76. The SMILES string of the molecule is CCNC(C)(C#N)CCCOc1ccccc1C(F)(F)F. The van der Waals surface area contributed by atoms with Crippen LogP contribution in [0.1, 0.15) is 32.3 Å². The highest BCUT2D eigenvalue weighted by molar-refractivity contribution is 5.35. The minimum atomic E-state index is -4.43. The zero-order valence-electron chi connectivity index (χ0n) is 12.1. The topological polar surface area (TPSA) is 45.0 Å². The third-order valence-corrected chi connectivity index (χ3v) is 3.08. The van der Waals surface area contributed by atoms with Gasteiger partial charge in [-0.15, -0.1) is 0 Å². The van der Waals surface area contributed by atoms with E-state index in [2.05, 4.69) is 11.4 Å². The molecular formula is C15H19F3N2O. The van der Waals surface area contributed by atoms with Crippen molar-refractivity contribution in [3.05, 3.63) is 29.8 Å². The molecule has 0 aliphatic carbocycles. The molecule has 1 aromatic rings. The molecule has 1 unspecified atom stereocenters. The predicted molar refractivity (Wildman–Crippen MR) is 73.9 cm³/mol. The number of hydrogen-bond acceptors (Lipinski definition) is 3. The molecule has 21 heavy (non-hydrogen) atoms. The summed E-state index contributed by atoms with van der Waals surface area (Å²) in [6.45, 7) is 4.45. The minimum absolute atomic E-state index is 0.135. The lowest BCUT2D eigenvalue weighted by Crippen LogP contribution is -2.40. The number of hydrogen-bond donors (Lipinski definition) is 1. The highest BCUT2D eigenvalue weighted by Gasteiger charge is 2.34. The minimum Gasteiger partial charge on any atom is -0.493 e. The van der Waals surface area contributed by atoms with Crippen molar-refractivity contribution in [3.8, 4) is 11.8 Å². The molecule has 3 nitrogen and oxygen atoms in total. The first kappa shape index (κ1) is 17.3. The third kappa shape index (κ3) is 5.27. The van der Waals surface area contributed by atoms with Crippen LogP contribution in [0.25, 0.3) is 0 Å². The Hall–Kier alpha value is -1.74. The van der Waals surface area contributed by atoms with E-state index in [1.165, 1.54) is 18.2 Å². The van der Waals surface area contributed by atoms with Crippen molar-refractivity contribution in [1.29, 1.82) is 5.26 Å². The summed E-state index contributed by atoms with van der Waals surface area (Å²) in [5.74, 6) is -0.174. The molecule has 0 aromatic heterocycles. The van der Waals surface area contributed by atoms with Gasteiger partial charge in [0.25, 0.3) is 0 Å². The molecule has 0 bridgehead atoms. The Balaban J connectivity index is 2.56. The number of alkyl halides is 3. The van der Waals surface area contributed by atoms with E-state index < -0.39 is 17.3 Å². The van der Waals surface area contributed by atoms with Gasteiger partial charge in [0.15, 0.2) is 0 Å². The van der Waals surface area contributed by atoms with E-state index >= 15 is 0 Å². The summed E-state index contributed by atoms with van der Waals surface area (Å²) in [5.41, 5.74) is -1.46. The maximum absolute atomic E-state index is 12.8. The summed E-state index contributed by atoms with van der Waals surface area (Å²) < 4.78 is 43.5. The van der Waals surface area contributed by atoms with Gasteiger partial charge in [-0.2, -0.15) is 18.4 Å². The van der Waals surface area contributed by atoms with Gasteiger partial charge in [-0.25, -0.2) is 0 Å². The molecule has 0 radical (unpaired) electrons. The van der Waals surface area contributed by atoms with Gasteiger partial charge in [-0.1, -0.05) is 19.1 Å². The third-order valence-electron chi connectivity index (χ3n) is 3.08. The average molecular weight is 300 g/mol. The smallest absolute Gasteiger partial charge is 0.419 e. The Kier molecular flexibility index (Phi) is 6.03. The number of nitrogens with zero attached hydrogens (tertiary/aromatic N) is 1. The van der Waals surface area contributed by atoms with E-state index in [9.17, 15) is 13.2 Å². The lowest BCUT2D eigenvalue weighted by atomic mass is 9.98. The van der Waals surface area contributed by atoms with E-state index in [1.54, 1.807) is 6.92 Å². The van der Waals surface area contributed by atoms with E-state index in [-0.39, 0.29) is 12.4 Å². The monoisotopic (exact) mass is 300 g/mol. The van der Waals surface area contributed by atoms with Crippen molar-refractivity contribution in [2.75, 3.05) is 13.2 Å². The Morgan fingerprint density at radius 1 is 1.29 bits per heavy atom. The van der Waals surface area contributed by atoms with Crippen LogP contribution in [0.3, 0.4) is 0 Å². The second kappa shape index (κ2) is 7.32. The van der Waals surface area contributed by atoms with Gasteiger partial charge in [0.2, 0.25) is 0 Å². The van der Waals surface area contributed by atoms with E-state index in [4.69, 9.17) is 10.00 Å². The first-order valence-electron chi connectivity index (χ1n) is 6.77. The van der Waals surface area contributed by atoms with Gasteiger partial charge in [0, 0.05) is 0 Å². The van der Waals surface area contributed by atoms with Crippen molar-refractivity contribution in [2.24, 2.45) is 0 Å². The lowest BCUT2D eigenvalue weighted by Gasteiger charge is -2.22. The van der Waals surface area contributed by atoms with Gasteiger partial charge in [-0.3, -0.25) is 5.32 Å². The maximum Gasteiger partial charge on any atom is 0.419 e. The second-order valence-corrected chi connectivity index (χ2v) is 4.92. The summed E-state index contributed by atoms with van der Waals surface area (Å²) >= 11 is 0. The first-order valence-corrected chi connectivity index (χ1v) is 6.77. The van der Waals surface area contributed by atoms with E-state index in [1.807, 2.05) is 6.92 Å². The highest BCUT2D eigenvalue weighted by Crippen LogP contribution is 2.35. The van der Waals surface area contributed by atoms with Gasteiger partial charge < -0.3 is 4.74 Å². The molecule has 1 aromatic carbocycles. The van der Waals surface area contributed by atoms with Crippen LogP contribution >= 0.6 is 0 Å². The molecular weight excluding hydrogens is 281 g/mol. The number of para-hydroxylation sites is 1. The molecule has 0 saturated carbocycles. The first-order chi connectivity index (χ1) is 9.82. The van der Waals surface area contributed by atoms with Crippen molar-refractivity contribution in [2.45, 2.75) is 38.4 Å². The molecule has 1 rings (SSSR count). The van der Waals surface area contributed by atoms with Gasteiger partial charge >= 0.3 is 6.18 Å². The molecule has 1 N–H and O–H groups in total. The van der Waals surface area contributed by atoms with Crippen LogP contribution in [0.2, 0.25) is 0 Å². The molecule has 0 saturated heterocycles. The van der Waals surface area contributed by atoms with Crippen LogP contribution in [0, 0.1) is 11.3 Å². The molecule has 116 valence electrons. The maximum atomic E-state index is 12.8. The summed E-state index contributed by atoms with van der Waals surface area (Å²) in [4.78, 5) is 0. The Labute approximate surface area is 122 Å². The van der Waals surface area contributed by atoms with Gasteiger partial charge in [0.05, 0.1) is 18.2 Å². The van der Waals surface area contributed by atoms with Crippen molar-refractivity contribution < 1.29 is 17.9 Å². The largest absolute Gasteiger partial charge is 0.493 e. The molecule has 0 spiro atoms. The normalized spacial score (nSPS) is 14.3. The average Bonchev–Trinajstić information content (AvgIpc) is 2.43. The molecule has 0 aliphatic rings. The van der Waals surface area contributed by atoms with Crippen LogP contribution in [0.5, 0.6) is 5.75 Å². The number of nitrogens with one attached hydrogen (secondary N) is 1. The standard InChI is InChI=1S/C15H19F3N2O/c1-3-20-14(2,11-19)9-6-10-21-13-8-5-4-7-12(13)15(16,17)18/h4-5,7-8,20H,3,6,9-10H2,1-2H3. The fourth-order valence-electron chi connectivity index (χ4n) is 2.01. The summed E-state index contributed by atoms with van der Waals surface area (Å²) in [5, 5.41) is 12.1. The molecule has 0 fully saturated rings. The molecule has 1 atom stereocenters.